The quantitative estimate of drug-likeness (QED) is 0.172. The van der Waals surface area contributed by atoms with E-state index in [2.05, 4.69) is 193 Å². The Morgan fingerprint density at radius 3 is 1.43 bits per heavy atom. The zero-order valence-corrected chi connectivity index (χ0v) is 30.3. The van der Waals surface area contributed by atoms with Crippen molar-refractivity contribution in [2.45, 2.75) is 0 Å². The molecule has 0 fully saturated rings. The first-order valence-electron chi connectivity index (χ1n) is 18.0. The predicted octanol–water partition coefficient (Wildman–Crippen LogP) is 15.5. The molecule has 0 saturated carbocycles. The van der Waals surface area contributed by atoms with Gasteiger partial charge in [-0.2, -0.15) is 0 Å². The summed E-state index contributed by atoms with van der Waals surface area (Å²) >= 11 is 3.76. The van der Waals surface area contributed by atoms with Crippen LogP contribution in [-0.2, 0) is 0 Å². The van der Waals surface area contributed by atoms with Crippen molar-refractivity contribution in [1.29, 1.82) is 0 Å². The molecule has 1 nitrogen and oxygen atoms in total. The molecule has 53 heavy (non-hydrogen) atoms. The van der Waals surface area contributed by atoms with E-state index in [0.29, 0.717) is 0 Å². The maximum atomic E-state index is 2.49. The SMILES string of the molecule is c1ccc2c(-c3ccc4cccc(-c5ccc(N(c6cccc7c6sc6ccccc67)c6cccc7c6sc6ccccc67)cc5)c4c3)cccc2c1. The van der Waals surface area contributed by atoms with Gasteiger partial charge in [-0.15, -0.1) is 22.7 Å². The first-order chi connectivity index (χ1) is 26.3. The van der Waals surface area contributed by atoms with E-state index in [0.717, 1.165) is 5.69 Å². The van der Waals surface area contributed by atoms with Crippen LogP contribution in [0.2, 0.25) is 0 Å². The standard InChI is InChI=1S/C50H31NS2/c1-2-14-37-32(11-1)12-7-18-39(37)35-26-25-33-13-8-17-38(44(33)31-35)34-27-29-36(30-28-34)51(45-21-9-19-42-40-15-3-5-23-47(40)52-49(42)45)46-22-10-20-43-41-16-4-6-24-48(41)53-50(43)46/h1-31H. The van der Waals surface area contributed by atoms with Crippen molar-refractivity contribution in [1.82, 2.24) is 0 Å². The molecule has 0 amide bonds. The fraction of sp³-hybridized carbons (Fsp3) is 0. The van der Waals surface area contributed by atoms with Gasteiger partial charge in [0.25, 0.3) is 0 Å². The lowest BCUT2D eigenvalue weighted by Gasteiger charge is -2.27. The summed E-state index contributed by atoms with van der Waals surface area (Å²) in [6.45, 7) is 0. The van der Waals surface area contributed by atoms with Crippen molar-refractivity contribution in [2.24, 2.45) is 0 Å². The molecule has 0 bridgehead atoms. The van der Waals surface area contributed by atoms with E-state index in [4.69, 9.17) is 0 Å². The van der Waals surface area contributed by atoms with E-state index in [1.165, 1.54) is 95.5 Å². The normalized spacial score (nSPS) is 11.8. The van der Waals surface area contributed by atoms with Crippen molar-refractivity contribution >= 4 is 102 Å². The third-order valence-electron chi connectivity index (χ3n) is 10.7. The first-order valence-corrected chi connectivity index (χ1v) is 19.6. The molecule has 9 aromatic carbocycles. The summed E-state index contributed by atoms with van der Waals surface area (Å²) in [5.74, 6) is 0. The van der Waals surface area contributed by atoms with E-state index in [1.807, 2.05) is 22.7 Å². The molecule has 0 atom stereocenters. The highest BCUT2D eigenvalue weighted by Crippen LogP contribution is 2.49. The molecule has 0 aliphatic rings. The zero-order chi connectivity index (χ0) is 34.9. The van der Waals surface area contributed by atoms with E-state index in [1.54, 1.807) is 0 Å². The molecule has 11 aromatic rings. The Morgan fingerprint density at radius 2 is 0.792 bits per heavy atom. The van der Waals surface area contributed by atoms with Crippen molar-refractivity contribution in [2.75, 3.05) is 4.90 Å². The van der Waals surface area contributed by atoms with Gasteiger partial charge in [0.2, 0.25) is 0 Å². The Labute approximate surface area is 315 Å². The molecule has 0 saturated heterocycles. The van der Waals surface area contributed by atoms with Gasteiger partial charge in [0.05, 0.1) is 20.8 Å². The fourth-order valence-electron chi connectivity index (χ4n) is 8.18. The van der Waals surface area contributed by atoms with Gasteiger partial charge >= 0.3 is 0 Å². The highest BCUT2D eigenvalue weighted by molar-refractivity contribution is 7.27. The number of rotatable bonds is 5. The van der Waals surface area contributed by atoms with Crippen molar-refractivity contribution in [3.05, 3.63) is 188 Å². The maximum Gasteiger partial charge on any atom is 0.0640 e. The number of nitrogens with zero attached hydrogens (tertiary/aromatic N) is 1. The molecule has 0 radical (unpaired) electrons. The van der Waals surface area contributed by atoms with Gasteiger partial charge in [0.1, 0.15) is 0 Å². The minimum Gasteiger partial charge on any atom is -0.308 e. The molecule has 0 spiro atoms. The molecule has 248 valence electrons. The summed E-state index contributed by atoms with van der Waals surface area (Å²) in [7, 11) is 0. The van der Waals surface area contributed by atoms with Crippen LogP contribution in [0.25, 0.3) is 84.1 Å². The van der Waals surface area contributed by atoms with E-state index >= 15 is 0 Å². The Balaban J connectivity index is 1.09. The summed E-state index contributed by atoms with van der Waals surface area (Å²) in [5.41, 5.74) is 8.47. The van der Waals surface area contributed by atoms with Gasteiger partial charge < -0.3 is 4.90 Å². The van der Waals surface area contributed by atoms with Crippen molar-refractivity contribution in [3.63, 3.8) is 0 Å². The van der Waals surface area contributed by atoms with Crippen LogP contribution in [0.4, 0.5) is 17.1 Å². The second-order valence-electron chi connectivity index (χ2n) is 13.7. The van der Waals surface area contributed by atoms with Gasteiger partial charge in [0.15, 0.2) is 0 Å². The monoisotopic (exact) mass is 709 g/mol. The lowest BCUT2D eigenvalue weighted by Crippen LogP contribution is -2.10. The Hall–Kier alpha value is -6.26. The van der Waals surface area contributed by atoms with Crippen LogP contribution >= 0.6 is 22.7 Å². The van der Waals surface area contributed by atoms with Crippen LogP contribution in [0.5, 0.6) is 0 Å². The summed E-state index contributed by atoms with van der Waals surface area (Å²) in [4.78, 5) is 2.49. The topological polar surface area (TPSA) is 3.24 Å². The van der Waals surface area contributed by atoms with E-state index < -0.39 is 0 Å². The number of benzene rings is 9. The summed E-state index contributed by atoms with van der Waals surface area (Å²) in [6, 6.07) is 69.2. The molecule has 2 aromatic heterocycles. The fourth-order valence-corrected chi connectivity index (χ4v) is 10.6. The predicted molar refractivity (Wildman–Crippen MR) is 233 cm³/mol. The Bertz CT molecular complexity index is 3070. The zero-order valence-electron chi connectivity index (χ0n) is 28.7. The number of anilines is 3. The number of hydrogen-bond acceptors (Lipinski definition) is 3. The van der Waals surface area contributed by atoms with Crippen LogP contribution in [0.1, 0.15) is 0 Å². The van der Waals surface area contributed by atoms with Crippen LogP contribution in [0.15, 0.2) is 188 Å². The molecule has 0 N–H and O–H groups in total. The summed E-state index contributed by atoms with van der Waals surface area (Å²) in [6.07, 6.45) is 0. The molecular weight excluding hydrogens is 679 g/mol. The number of fused-ring (bicyclic) bond motifs is 8. The van der Waals surface area contributed by atoms with Crippen LogP contribution in [-0.4, -0.2) is 0 Å². The maximum absolute atomic E-state index is 2.49. The number of thiophene rings is 2. The molecular formula is C50H31NS2. The summed E-state index contributed by atoms with van der Waals surface area (Å²) in [5, 5.41) is 10.2. The smallest absolute Gasteiger partial charge is 0.0640 e. The van der Waals surface area contributed by atoms with Gasteiger partial charge in [-0.25, -0.2) is 0 Å². The van der Waals surface area contributed by atoms with Crippen molar-refractivity contribution < 1.29 is 0 Å². The van der Waals surface area contributed by atoms with Gasteiger partial charge in [0, 0.05) is 36.6 Å². The second-order valence-corrected chi connectivity index (χ2v) is 15.8. The van der Waals surface area contributed by atoms with E-state index in [9.17, 15) is 0 Å². The minimum absolute atomic E-state index is 1.14. The number of hydrogen-bond donors (Lipinski definition) is 0. The van der Waals surface area contributed by atoms with Crippen LogP contribution in [0, 0.1) is 0 Å². The highest BCUT2D eigenvalue weighted by Gasteiger charge is 2.21. The third kappa shape index (κ3) is 4.89. The Morgan fingerprint density at radius 1 is 0.321 bits per heavy atom. The second kappa shape index (κ2) is 12.2. The van der Waals surface area contributed by atoms with E-state index in [-0.39, 0.29) is 0 Å². The van der Waals surface area contributed by atoms with Crippen molar-refractivity contribution in [3.8, 4) is 22.3 Å². The lowest BCUT2D eigenvalue weighted by molar-refractivity contribution is 1.32. The lowest BCUT2D eigenvalue weighted by atomic mass is 9.93. The Kier molecular flexibility index (Phi) is 6.97. The average molecular weight is 710 g/mol. The molecule has 2 heterocycles. The molecule has 11 rings (SSSR count). The molecule has 3 heteroatoms. The largest absolute Gasteiger partial charge is 0.308 e. The molecule has 0 unspecified atom stereocenters. The van der Waals surface area contributed by atoms with Crippen LogP contribution in [0.3, 0.4) is 0 Å². The van der Waals surface area contributed by atoms with Gasteiger partial charge in [-0.05, 0) is 86.3 Å². The first kappa shape index (κ1) is 30.4. The minimum atomic E-state index is 1.14. The van der Waals surface area contributed by atoms with Crippen LogP contribution < -0.4 is 4.90 Å². The highest BCUT2D eigenvalue weighted by atomic mass is 32.1. The average Bonchev–Trinajstić information content (AvgIpc) is 3.80. The third-order valence-corrected chi connectivity index (χ3v) is 13.1. The summed E-state index contributed by atoms with van der Waals surface area (Å²) < 4.78 is 5.21. The van der Waals surface area contributed by atoms with Gasteiger partial charge in [-0.1, -0.05) is 146 Å². The molecule has 0 aliphatic carbocycles. The van der Waals surface area contributed by atoms with Gasteiger partial charge in [-0.3, -0.25) is 0 Å². The molecule has 0 aliphatic heterocycles.